The lowest BCUT2D eigenvalue weighted by molar-refractivity contribution is -0.151. The molecule has 0 unspecified atom stereocenters. The first kappa shape index (κ1) is 32.6. The Bertz CT molecular complexity index is 1380. The molecule has 234 valence electrons. The number of nitrogens with two attached hydrogens (primary N) is 2. The molecule has 17 nitrogen and oxygen atoms in total. The largest absolute Gasteiger partial charge is 0.480 e. The van der Waals surface area contributed by atoms with Gasteiger partial charge >= 0.3 is 11.9 Å². The molecule has 2 aromatic rings. The number of rotatable bonds is 16. The molecule has 2 aliphatic rings. The van der Waals surface area contributed by atoms with Crippen LogP contribution >= 0.6 is 34.9 Å². The monoisotopic (exact) mass is 655 g/mol. The fraction of sp³-hybridized carbons (Fsp3) is 0.565. The number of tetrazole rings is 1. The molecular formula is C23H33N11O6S3. The van der Waals surface area contributed by atoms with Crippen molar-refractivity contribution >= 4 is 63.7 Å². The number of β-lactam (4-membered cyclic amide) rings is 1. The van der Waals surface area contributed by atoms with Gasteiger partial charge in [-0.15, -0.1) is 28.2 Å². The zero-order valence-corrected chi connectivity index (χ0v) is 25.8. The Morgan fingerprint density at radius 1 is 1.30 bits per heavy atom. The van der Waals surface area contributed by atoms with Gasteiger partial charge in [-0.1, -0.05) is 11.8 Å². The van der Waals surface area contributed by atoms with Crippen LogP contribution in [0.4, 0.5) is 5.13 Å². The van der Waals surface area contributed by atoms with E-state index in [9.17, 15) is 24.3 Å². The van der Waals surface area contributed by atoms with Gasteiger partial charge in [0.2, 0.25) is 11.1 Å². The average molecular weight is 656 g/mol. The molecule has 2 aromatic heterocycles. The van der Waals surface area contributed by atoms with E-state index >= 15 is 0 Å². The normalized spacial score (nSPS) is 19.6. The molecule has 4 heterocycles. The molecule has 1 saturated heterocycles. The topological polar surface area (TPSA) is 248 Å². The van der Waals surface area contributed by atoms with Crippen LogP contribution in [0, 0.1) is 0 Å². The summed E-state index contributed by atoms with van der Waals surface area (Å²) in [6, 6.07) is -2.94. The summed E-state index contributed by atoms with van der Waals surface area (Å²) in [6.07, 6.45) is 0.571. The summed E-state index contributed by atoms with van der Waals surface area (Å²) >= 11 is 3.80. The second kappa shape index (κ2) is 14.4. The predicted molar refractivity (Wildman–Crippen MR) is 159 cm³/mol. The molecule has 0 spiro atoms. The highest BCUT2D eigenvalue weighted by molar-refractivity contribution is 8.01. The lowest BCUT2D eigenvalue weighted by atomic mass is 10.0. The molecule has 0 aliphatic carbocycles. The molecule has 0 aromatic carbocycles. The van der Waals surface area contributed by atoms with E-state index in [2.05, 4.69) is 31.1 Å². The molecule has 4 rings (SSSR count). The van der Waals surface area contributed by atoms with E-state index in [1.165, 1.54) is 28.4 Å². The average Bonchev–Trinajstić information content (AvgIpc) is 3.60. The minimum atomic E-state index is -1.23. The standard InChI is InChI=1S/C23H33N11O6S3/c1-32(2)6-7-33-23(29-30-31-33)43-9-11-8-41-19-15(18(36)34(19)16(11)21(39)40)28-17(35)14(13-10-42-22(25)27-13)26-5-3-4-12(24)20(37)38/h10,12,14-15,19,26H,3-9,24H2,1-2H3,(H2,25,27)(H,28,35)(H,37,38)(H,39,40)/t12-,14+,15-,19-/m1/s1. The van der Waals surface area contributed by atoms with Gasteiger partial charge in [-0.05, 0) is 49.5 Å². The molecule has 43 heavy (non-hydrogen) atoms. The molecule has 0 saturated carbocycles. The molecule has 4 atom stereocenters. The van der Waals surface area contributed by atoms with Crippen molar-refractivity contribution in [2.75, 3.05) is 44.4 Å². The number of hydrogen-bond acceptors (Lipinski definition) is 15. The summed E-state index contributed by atoms with van der Waals surface area (Å²) in [6.45, 7) is 1.54. The molecule has 2 amide bonds. The van der Waals surface area contributed by atoms with Crippen molar-refractivity contribution in [2.45, 2.75) is 48.0 Å². The number of carbonyl (C=O) groups is 4. The van der Waals surface area contributed by atoms with Gasteiger partial charge in [0.25, 0.3) is 5.91 Å². The molecule has 20 heteroatoms. The third kappa shape index (κ3) is 7.81. The minimum absolute atomic E-state index is 0.101. The summed E-state index contributed by atoms with van der Waals surface area (Å²) in [4.78, 5) is 57.2. The van der Waals surface area contributed by atoms with Crippen molar-refractivity contribution in [1.29, 1.82) is 0 Å². The van der Waals surface area contributed by atoms with Crippen LogP contribution in [0.15, 0.2) is 21.8 Å². The lowest BCUT2D eigenvalue weighted by Gasteiger charge is -2.49. The number of nitrogens with one attached hydrogen (secondary N) is 2. The van der Waals surface area contributed by atoms with Crippen LogP contribution in [0.5, 0.6) is 0 Å². The number of fused-ring (bicyclic) bond motifs is 1. The van der Waals surface area contributed by atoms with E-state index in [1.807, 2.05) is 19.0 Å². The van der Waals surface area contributed by atoms with Crippen molar-refractivity contribution in [2.24, 2.45) is 5.73 Å². The van der Waals surface area contributed by atoms with Gasteiger partial charge in [0.15, 0.2) is 5.13 Å². The highest BCUT2D eigenvalue weighted by atomic mass is 32.2. The number of hydrogen-bond donors (Lipinski definition) is 6. The smallest absolute Gasteiger partial charge is 0.352 e. The highest BCUT2D eigenvalue weighted by Gasteiger charge is 2.54. The maximum atomic E-state index is 13.3. The van der Waals surface area contributed by atoms with Crippen LogP contribution in [-0.2, 0) is 25.7 Å². The number of thiazole rings is 1. The summed E-state index contributed by atoms with van der Waals surface area (Å²) in [7, 11) is 3.87. The first-order valence-electron chi connectivity index (χ1n) is 13.1. The molecule has 8 N–H and O–H groups in total. The van der Waals surface area contributed by atoms with Gasteiger partial charge in [-0.2, -0.15) is 0 Å². The van der Waals surface area contributed by atoms with Gasteiger partial charge < -0.3 is 37.2 Å². The maximum Gasteiger partial charge on any atom is 0.352 e. The van der Waals surface area contributed by atoms with Gasteiger partial charge in [-0.3, -0.25) is 19.3 Å². The van der Waals surface area contributed by atoms with E-state index in [0.717, 1.165) is 17.9 Å². The lowest BCUT2D eigenvalue weighted by Crippen LogP contribution is -2.71. The van der Waals surface area contributed by atoms with Gasteiger partial charge in [0.1, 0.15) is 29.2 Å². The van der Waals surface area contributed by atoms with Crippen LogP contribution < -0.4 is 22.1 Å². The van der Waals surface area contributed by atoms with Gasteiger partial charge in [-0.25, -0.2) is 14.5 Å². The number of carboxylic acid groups (broad SMARTS) is 2. The molecule has 2 aliphatic heterocycles. The Hall–Kier alpha value is -3.30. The second-order valence-electron chi connectivity index (χ2n) is 10.0. The van der Waals surface area contributed by atoms with Crippen molar-refractivity contribution in [3.05, 3.63) is 22.3 Å². The number of nitrogens with zero attached hydrogens (tertiary/aromatic N) is 7. The predicted octanol–water partition coefficient (Wildman–Crippen LogP) is -1.37. The number of aliphatic carboxylic acids is 2. The van der Waals surface area contributed by atoms with Crippen LogP contribution in [0.1, 0.15) is 24.6 Å². The Kier molecular flexibility index (Phi) is 11.0. The summed E-state index contributed by atoms with van der Waals surface area (Å²) in [5.41, 5.74) is 12.1. The highest BCUT2D eigenvalue weighted by Crippen LogP contribution is 2.41. The summed E-state index contributed by atoms with van der Waals surface area (Å²) in [5.74, 6) is -2.82. The molecule has 0 bridgehead atoms. The number of aromatic nitrogens is 5. The van der Waals surface area contributed by atoms with Gasteiger partial charge in [0.05, 0.1) is 12.2 Å². The molecular weight excluding hydrogens is 623 g/mol. The first-order chi connectivity index (χ1) is 20.5. The zero-order valence-electron chi connectivity index (χ0n) is 23.4. The van der Waals surface area contributed by atoms with E-state index in [-0.39, 0.29) is 29.5 Å². The van der Waals surface area contributed by atoms with Crippen molar-refractivity contribution in [1.82, 2.24) is 45.6 Å². The third-order valence-electron chi connectivity index (χ3n) is 6.64. The first-order valence-corrected chi connectivity index (χ1v) is 16.1. The number of anilines is 1. The van der Waals surface area contributed by atoms with E-state index in [1.54, 1.807) is 10.1 Å². The van der Waals surface area contributed by atoms with E-state index < -0.39 is 47.3 Å². The minimum Gasteiger partial charge on any atom is -0.480 e. The van der Waals surface area contributed by atoms with Crippen molar-refractivity contribution in [3.8, 4) is 0 Å². The third-order valence-corrected chi connectivity index (χ3v) is 9.71. The van der Waals surface area contributed by atoms with Crippen molar-refractivity contribution in [3.63, 3.8) is 0 Å². The van der Waals surface area contributed by atoms with E-state index in [0.29, 0.717) is 35.1 Å². The number of nitrogen functional groups attached to an aromatic ring is 1. The molecule has 1 fully saturated rings. The second-order valence-corrected chi connectivity index (χ2v) is 13.0. The van der Waals surface area contributed by atoms with Gasteiger partial charge in [0, 0.05) is 23.4 Å². The van der Waals surface area contributed by atoms with E-state index in [4.69, 9.17) is 16.6 Å². The number of thioether (sulfide) groups is 2. The number of carboxylic acids is 2. The van der Waals surface area contributed by atoms with Crippen LogP contribution in [0.3, 0.4) is 0 Å². The number of likely N-dealkylation sites (N-methyl/N-ethyl adjacent to an activating group) is 1. The van der Waals surface area contributed by atoms with Crippen LogP contribution in [0.2, 0.25) is 0 Å². The Morgan fingerprint density at radius 2 is 2.07 bits per heavy atom. The maximum absolute atomic E-state index is 13.3. The van der Waals surface area contributed by atoms with Crippen LogP contribution in [0.25, 0.3) is 0 Å². The van der Waals surface area contributed by atoms with Crippen LogP contribution in [-0.4, -0.2) is 125 Å². The number of amides is 2. The fourth-order valence-corrected chi connectivity index (χ4v) is 7.35. The summed E-state index contributed by atoms with van der Waals surface area (Å²) in [5, 5.41) is 38.3. The quantitative estimate of drug-likeness (QED) is 0.0693. The Morgan fingerprint density at radius 3 is 2.72 bits per heavy atom. The summed E-state index contributed by atoms with van der Waals surface area (Å²) < 4.78 is 1.64. The zero-order chi connectivity index (χ0) is 31.3. The Labute approximate surface area is 258 Å². The Balaban J connectivity index is 1.41. The fourth-order valence-electron chi connectivity index (χ4n) is 4.37. The SMILES string of the molecule is CN(C)CCn1nnnc1SCC1=C(C(=O)O)N2C(=O)[C@@H](NC(=O)[C@@H](NCCC[C@@H](N)C(=O)O)c3csc(N)n3)[C@H]2SC1. The number of carbonyl (C=O) groups excluding carboxylic acids is 2. The van der Waals surface area contributed by atoms with Crippen molar-refractivity contribution < 1.29 is 29.4 Å². The molecule has 0 radical (unpaired) electrons.